The Bertz CT molecular complexity index is 701. The highest BCUT2D eigenvalue weighted by atomic mass is 16.5. The predicted octanol–water partition coefficient (Wildman–Crippen LogP) is 1.94. The molecule has 1 saturated heterocycles. The third-order valence-corrected chi connectivity index (χ3v) is 3.71. The van der Waals surface area contributed by atoms with Crippen molar-refractivity contribution in [2.45, 2.75) is 13.5 Å². The van der Waals surface area contributed by atoms with Gasteiger partial charge in [-0.25, -0.2) is 14.8 Å². The maximum atomic E-state index is 12.0. The Morgan fingerprint density at radius 1 is 1.29 bits per heavy atom. The fraction of sp³-hybridized carbons (Fsp3) is 0.353. The van der Waals surface area contributed by atoms with Gasteiger partial charge in [0, 0.05) is 25.0 Å². The first-order valence-electron chi connectivity index (χ1n) is 7.97. The quantitative estimate of drug-likeness (QED) is 0.897. The molecule has 0 bridgehead atoms. The number of anilines is 2. The van der Waals surface area contributed by atoms with E-state index >= 15 is 0 Å². The lowest BCUT2D eigenvalue weighted by molar-refractivity contribution is 0.122. The maximum absolute atomic E-state index is 12.0. The summed E-state index contributed by atoms with van der Waals surface area (Å²) in [5, 5.41) is 5.58. The minimum Gasteiger partial charge on any atom is -0.378 e. The molecule has 1 aliphatic rings. The van der Waals surface area contributed by atoms with Crippen LogP contribution in [-0.2, 0) is 11.3 Å². The molecular weight excluding hydrogens is 306 g/mol. The van der Waals surface area contributed by atoms with E-state index in [4.69, 9.17) is 4.74 Å². The number of carbonyl (C=O) groups excluding carboxylic acids is 1. The number of carbonyl (C=O) groups is 1. The van der Waals surface area contributed by atoms with Gasteiger partial charge in [-0.15, -0.1) is 0 Å². The van der Waals surface area contributed by atoms with E-state index in [1.165, 1.54) is 0 Å². The molecule has 2 aromatic rings. The van der Waals surface area contributed by atoms with Gasteiger partial charge in [0.15, 0.2) is 0 Å². The van der Waals surface area contributed by atoms with Crippen molar-refractivity contribution in [3.8, 4) is 0 Å². The van der Waals surface area contributed by atoms with E-state index < -0.39 is 0 Å². The molecule has 0 unspecified atom stereocenters. The number of ether oxygens (including phenoxy) is 1. The number of benzene rings is 1. The molecule has 7 nitrogen and oxygen atoms in total. The molecule has 1 aromatic carbocycles. The normalized spacial score (nSPS) is 14.3. The van der Waals surface area contributed by atoms with Crippen LogP contribution < -0.4 is 15.5 Å². The first-order valence-corrected chi connectivity index (χ1v) is 7.97. The maximum Gasteiger partial charge on any atom is 0.319 e. The van der Waals surface area contributed by atoms with Gasteiger partial charge in [-0.3, -0.25) is 0 Å². The molecule has 2 amide bonds. The lowest BCUT2D eigenvalue weighted by atomic mass is 10.2. The van der Waals surface area contributed by atoms with E-state index in [0.29, 0.717) is 19.0 Å². The van der Waals surface area contributed by atoms with E-state index in [2.05, 4.69) is 25.5 Å². The van der Waals surface area contributed by atoms with Gasteiger partial charge in [-0.05, 0) is 30.7 Å². The topological polar surface area (TPSA) is 79.4 Å². The Morgan fingerprint density at radius 2 is 2.12 bits per heavy atom. The highest BCUT2D eigenvalue weighted by molar-refractivity contribution is 5.89. The number of morpholine rings is 1. The molecule has 0 aliphatic carbocycles. The lowest BCUT2D eigenvalue weighted by Crippen LogP contribution is -2.37. The molecule has 2 heterocycles. The number of hydrogen-bond acceptors (Lipinski definition) is 5. The summed E-state index contributed by atoms with van der Waals surface area (Å²) in [5.74, 6) is 1.45. The number of aryl methyl sites for hydroxylation is 1. The summed E-state index contributed by atoms with van der Waals surface area (Å²) in [4.78, 5) is 22.9. The zero-order chi connectivity index (χ0) is 16.8. The van der Waals surface area contributed by atoms with Crippen molar-refractivity contribution >= 4 is 17.5 Å². The van der Waals surface area contributed by atoms with Crippen LogP contribution in [0.15, 0.2) is 36.5 Å². The van der Waals surface area contributed by atoms with Gasteiger partial charge in [0.25, 0.3) is 0 Å². The number of amides is 2. The molecule has 1 aromatic heterocycles. The summed E-state index contributed by atoms with van der Waals surface area (Å²) in [6.45, 7) is 5.30. The average Bonchev–Trinajstić information content (AvgIpc) is 2.61. The van der Waals surface area contributed by atoms with Gasteiger partial charge in [0.05, 0.1) is 19.8 Å². The Hall–Kier alpha value is -2.67. The fourth-order valence-corrected chi connectivity index (χ4v) is 2.50. The summed E-state index contributed by atoms with van der Waals surface area (Å²) in [6.07, 6.45) is 1.72. The summed E-state index contributed by atoms with van der Waals surface area (Å²) >= 11 is 0. The van der Waals surface area contributed by atoms with Crippen LogP contribution >= 0.6 is 0 Å². The van der Waals surface area contributed by atoms with Crippen LogP contribution in [0, 0.1) is 6.92 Å². The number of nitrogens with one attached hydrogen (secondary N) is 2. The van der Waals surface area contributed by atoms with Crippen molar-refractivity contribution in [3.05, 3.63) is 47.9 Å². The van der Waals surface area contributed by atoms with E-state index in [1.54, 1.807) is 6.20 Å². The van der Waals surface area contributed by atoms with Gasteiger partial charge >= 0.3 is 6.03 Å². The SMILES string of the molecule is Cc1cccc(NC(=O)NCc2nccc(N3CCOCC3)n2)c1. The van der Waals surface area contributed by atoms with Gasteiger partial charge in [0.2, 0.25) is 0 Å². The van der Waals surface area contributed by atoms with Gasteiger partial charge in [0.1, 0.15) is 11.6 Å². The monoisotopic (exact) mass is 327 g/mol. The van der Waals surface area contributed by atoms with Crippen LogP contribution in [-0.4, -0.2) is 42.3 Å². The predicted molar refractivity (Wildman–Crippen MR) is 92.1 cm³/mol. The summed E-state index contributed by atoms with van der Waals surface area (Å²) in [6, 6.07) is 9.24. The Labute approximate surface area is 141 Å². The van der Waals surface area contributed by atoms with E-state index in [9.17, 15) is 4.79 Å². The van der Waals surface area contributed by atoms with Crippen LogP contribution in [0.1, 0.15) is 11.4 Å². The molecule has 24 heavy (non-hydrogen) atoms. The Balaban J connectivity index is 1.55. The standard InChI is InChI=1S/C17H21N5O2/c1-13-3-2-4-14(11-13)20-17(23)19-12-15-18-6-5-16(21-15)22-7-9-24-10-8-22/h2-6,11H,7-10,12H2,1H3,(H2,19,20,23). The molecule has 0 atom stereocenters. The second-order valence-electron chi connectivity index (χ2n) is 5.61. The zero-order valence-corrected chi connectivity index (χ0v) is 13.7. The van der Waals surface area contributed by atoms with Gasteiger partial charge < -0.3 is 20.3 Å². The molecule has 2 N–H and O–H groups in total. The van der Waals surface area contributed by atoms with Crippen LogP contribution in [0.5, 0.6) is 0 Å². The van der Waals surface area contributed by atoms with Crippen molar-refractivity contribution in [3.63, 3.8) is 0 Å². The molecule has 7 heteroatoms. The zero-order valence-electron chi connectivity index (χ0n) is 13.7. The van der Waals surface area contributed by atoms with E-state index in [1.807, 2.05) is 37.3 Å². The number of aromatic nitrogens is 2. The third kappa shape index (κ3) is 4.42. The van der Waals surface area contributed by atoms with E-state index in [-0.39, 0.29) is 12.6 Å². The minimum absolute atomic E-state index is 0.274. The first kappa shape index (κ1) is 16.2. The van der Waals surface area contributed by atoms with Crippen LogP contribution in [0.4, 0.5) is 16.3 Å². The van der Waals surface area contributed by atoms with Crippen molar-refractivity contribution in [2.24, 2.45) is 0 Å². The molecule has 3 rings (SSSR count). The van der Waals surface area contributed by atoms with Gasteiger partial charge in [-0.2, -0.15) is 0 Å². The number of rotatable bonds is 4. The fourth-order valence-electron chi connectivity index (χ4n) is 2.50. The van der Waals surface area contributed by atoms with Gasteiger partial charge in [-0.1, -0.05) is 12.1 Å². The van der Waals surface area contributed by atoms with Crippen LogP contribution in [0.25, 0.3) is 0 Å². The van der Waals surface area contributed by atoms with Crippen molar-refractivity contribution in [1.82, 2.24) is 15.3 Å². The van der Waals surface area contributed by atoms with Crippen LogP contribution in [0.3, 0.4) is 0 Å². The second-order valence-corrected chi connectivity index (χ2v) is 5.61. The first-order chi connectivity index (χ1) is 11.7. The molecule has 1 aliphatic heterocycles. The second kappa shape index (κ2) is 7.74. The average molecular weight is 327 g/mol. The molecular formula is C17H21N5O2. The van der Waals surface area contributed by atoms with Crippen LogP contribution in [0.2, 0.25) is 0 Å². The summed E-state index contributed by atoms with van der Waals surface area (Å²) < 4.78 is 5.35. The molecule has 0 radical (unpaired) electrons. The minimum atomic E-state index is -0.277. The summed E-state index contributed by atoms with van der Waals surface area (Å²) in [5.41, 5.74) is 1.85. The molecule has 0 spiro atoms. The Kier molecular flexibility index (Phi) is 5.22. The molecule has 1 fully saturated rings. The number of nitrogens with zero attached hydrogens (tertiary/aromatic N) is 3. The largest absolute Gasteiger partial charge is 0.378 e. The van der Waals surface area contributed by atoms with Crippen molar-refractivity contribution < 1.29 is 9.53 Å². The third-order valence-electron chi connectivity index (χ3n) is 3.71. The van der Waals surface area contributed by atoms with Crippen molar-refractivity contribution in [1.29, 1.82) is 0 Å². The molecule has 126 valence electrons. The molecule has 0 saturated carbocycles. The highest BCUT2D eigenvalue weighted by Crippen LogP contribution is 2.12. The highest BCUT2D eigenvalue weighted by Gasteiger charge is 2.13. The van der Waals surface area contributed by atoms with E-state index in [0.717, 1.165) is 30.2 Å². The number of hydrogen-bond donors (Lipinski definition) is 2. The summed E-state index contributed by atoms with van der Waals surface area (Å²) in [7, 11) is 0. The number of urea groups is 1. The smallest absolute Gasteiger partial charge is 0.319 e. The van der Waals surface area contributed by atoms with Crippen molar-refractivity contribution in [2.75, 3.05) is 36.5 Å². The lowest BCUT2D eigenvalue weighted by Gasteiger charge is -2.27. The Morgan fingerprint density at radius 3 is 2.92 bits per heavy atom.